The molecule has 1 fully saturated rings. The van der Waals surface area contributed by atoms with Crippen molar-refractivity contribution in [1.82, 2.24) is 4.72 Å². The number of hydrogen-bond donors (Lipinski definition) is 2. The summed E-state index contributed by atoms with van der Waals surface area (Å²) in [6.45, 7) is 0. The second-order valence-electron chi connectivity index (χ2n) is 4.90. The van der Waals surface area contributed by atoms with Crippen LogP contribution >= 0.6 is 0 Å². The van der Waals surface area contributed by atoms with Crippen molar-refractivity contribution < 1.29 is 13.3 Å². The number of benzene rings is 1. The number of nitrogens with one attached hydrogen (secondary N) is 1. The van der Waals surface area contributed by atoms with Gasteiger partial charge in [0.2, 0.25) is 10.0 Å². The van der Waals surface area contributed by atoms with Gasteiger partial charge in [-0.05, 0) is 18.9 Å². The summed E-state index contributed by atoms with van der Waals surface area (Å²) in [5, 5.41) is 10.9. The molecule has 1 aromatic rings. The fourth-order valence-corrected chi connectivity index (χ4v) is 3.90. The fourth-order valence-electron chi connectivity index (χ4n) is 2.40. The van der Waals surface area contributed by atoms with Crippen LogP contribution in [0.1, 0.15) is 25.7 Å². The summed E-state index contributed by atoms with van der Waals surface area (Å²) in [6, 6.07) is 4.69. The summed E-state index contributed by atoms with van der Waals surface area (Å²) in [6.07, 6.45) is 3.29. The molecule has 7 nitrogen and oxygen atoms in total. The van der Waals surface area contributed by atoms with Crippen LogP contribution in [0.2, 0.25) is 0 Å². The van der Waals surface area contributed by atoms with Gasteiger partial charge in [-0.3, -0.25) is 10.1 Å². The van der Waals surface area contributed by atoms with Crippen LogP contribution in [0.4, 0.5) is 5.69 Å². The van der Waals surface area contributed by atoms with Gasteiger partial charge in [-0.2, -0.15) is 0 Å². The van der Waals surface area contributed by atoms with Crippen LogP contribution in [-0.4, -0.2) is 25.4 Å². The third-order valence-corrected chi connectivity index (χ3v) is 5.01. The van der Waals surface area contributed by atoms with E-state index in [2.05, 4.69) is 4.72 Å². The topological polar surface area (TPSA) is 115 Å². The summed E-state index contributed by atoms with van der Waals surface area (Å²) in [4.78, 5) is 9.90. The van der Waals surface area contributed by atoms with Crippen molar-refractivity contribution in [3.05, 3.63) is 34.4 Å². The molecule has 1 aromatic carbocycles. The average molecular weight is 299 g/mol. The molecule has 0 spiro atoms. The van der Waals surface area contributed by atoms with E-state index in [1.807, 2.05) is 0 Å². The third-order valence-electron chi connectivity index (χ3n) is 3.48. The fraction of sp³-hybridized carbons (Fsp3) is 0.500. The predicted octanol–water partition coefficient (Wildman–Crippen LogP) is 1.14. The molecule has 2 atom stereocenters. The number of hydrogen-bond acceptors (Lipinski definition) is 5. The molecule has 0 saturated heterocycles. The number of nitro benzene ring substituents is 1. The third kappa shape index (κ3) is 3.14. The first-order chi connectivity index (χ1) is 9.42. The van der Waals surface area contributed by atoms with Crippen molar-refractivity contribution >= 4 is 15.7 Å². The van der Waals surface area contributed by atoms with Crippen LogP contribution in [0.3, 0.4) is 0 Å². The molecule has 1 aliphatic carbocycles. The van der Waals surface area contributed by atoms with Crippen LogP contribution in [0.5, 0.6) is 0 Å². The van der Waals surface area contributed by atoms with Gasteiger partial charge in [0.05, 0.1) is 4.92 Å². The molecule has 3 N–H and O–H groups in total. The van der Waals surface area contributed by atoms with E-state index in [-0.39, 0.29) is 17.0 Å². The Balaban J connectivity index is 2.29. The summed E-state index contributed by atoms with van der Waals surface area (Å²) in [5.41, 5.74) is 5.47. The van der Waals surface area contributed by atoms with E-state index < -0.39 is 20.6 Å². The van der Waals surface area contributed by atoms with Gasteiger partial charge in [0.25, 0.3) is 5.69 Å². The van der Waals surface area contributed by atoms with Gasteiger partial charge in [-0.15, -0.1) is 0 Å². The first-order valence-electron chi connectivity index (χ1n) is 6.43. The molecular weight excluding hydrogens is 282 g/mol. The van der Waals surface area contributed by atoms with Crippen LogP contribution in [0, 0.1) is 10.1 Å². The van der Waals surface area contributed by atoms with Crippen LogP contribution < -0.4 is 10.5 Å². The SMILES string of the molecule is N[C@@H]1CCCC[C@H]1NS(=O)(=O)c1ccccc1[N+](=O)[O-]. The van der Waals surface area contributed by atoms with E-state index >= 15 is 0 Å². The Hall–Kier alpha value is -1.51. The molecule has 0 aliphatic heterocycles. The normalized spacial score (nSPS) is 23.4. The van der Waals surface area contributed by atoms with Gasteiger partial charge in [0.1, 0.15) is 0 Å². The Bertz CT molecular complexity index is 602. The van der Waals surface area contributed by atoms with Crippen molar-refractivity contribution in [2.75, 3.05) is 0 Å². The Morgan fingerprint density at radius 3 is 2.55 bits per heavy atom. The van der Waals surface area contributed by atoms with E-state index in [1.54, 1.807) is 0 Å². The van der Waals surface area contributed by atoms with Gasteiger partial charge in [0.15, 0.2) is 4.90 Å². The molecule has 0 bridgehead atoms. The second-order valence-corrected chi connectivity index (χ2v) is 6.58. The molecule has 0 radical (unpaired) electrons. The highest BCUT2D eigenvalue weighted by Crippen LogP contribution is 2.25. The van der Waals surface area contributed by atoms with E-state index in [1.165, 1.54) is 24.3 Å². The molecule has 20 heavy (non-hydrogen) atoms. The van der Waals surface area contributed by atoms with Gasteiger partial charge < -0.3 is 5.73 Å². The van der Waals surface area contributed by atoms with Crippen molar-refractivity contribution in [1.29, 1.82) is 0 Å². The Kier molecular flexibility index (Phi) is 4.36. The van der Waals surface area contributed by atoms with Crippen molar-refractivity contribution in [2.45, 2.75) is 42.7 Å². The molecule has 0 unspecified atom stereocenters. The number of para-hydroxylation sites is 1. The molecule has 1 saturated carbocycles. The molecule has 0 aromatic heterocycles. The zero-order valence-corrected chi connectivity index (χ0v) is 11.7. The highest BCUT2D eigenvalue weighted by atomic mass is 32.2. The standard InChI is InChI=1S/C12H17N3O4S/c13-9-5-1-2-6-10(9)14-20(18,19)12-8-4-3-7-11(12)15(16)17/h3-4,7-10,14H,1-2,5-6,13H2/t9-,10-/m1/s1. The summed E-state index contributed by atoms with van der Waals surface area (Å²) in [7, 11) is -3.94. The second kappa shape index (κ2) is 5.86. The maximum Gasteiger partial charge on any atom is 0.289 e. The number of nitro groups is 1. The minimum Gasteiger partial charge on any atom is -0.326 e. The molecule has 0 heterocycles. The first-order valence-corrected chi connectivity index (χ1v) is 7.91. The maximum atomic E-state index is 12.3. The monoisotopic (exact) mass is 299 g/mol. The maximum absolute atomic E-state index is 12.3. The van der Waals surface area contributed by atoms with Gasteiger partial charge in [0, 0.05) is 18.2 Å². The Labute approximate surface area is 117 Å². The Morgan fingerprint density at radius 1 is 1.25 bits per heavy atom. The van der Waals surface area contributed by atoms with Crippen LogP contribution in [-0.2, 0) is 10.0 Å². The van der Waals surface area contributed by atoms with Crippen molar-refractivity contribution in [2.24, 2.45) is 5.73 Å². The van der Waals surface area contributed by atoms with E-state index in [0.29, 0.717) is 6.42 Å². The largest absolute Gasteiger partial charge is 0.326 e. The number of sulfonamides is 1. The summed E-state index contributed by atoms with van der Waals surface area (Å²) in [5.74, 6) is 0. The number of rotatable bonds is 4. The minimum atomic E-state index is -3.94. The van der Waals surface area contributed by atoms with Crippen LogP contribution in [0.25, 0.3) is 0 Å². The number of nitrogens with zero attached hydrogens (tertiary/aromatic N) is 1. The molecule has 2 rings (SSSR count). The zero-order chi connectivity index (χ0) is 14.8. The lowest BCUT2D eigenvalue weighted by Gasteiger charge is -2.28. The first kappa shape index (κ1) is 14.9. The molecular formula is C12H17N3O4S. The molecule has 8 heteroatoms. The lowest BCUT2D eigenvalue weighted by atomic mass is 9.92. The Morgan fingerprint density at radius 2 is 1.90 bits per heavy atom. The predicted molar refractivity (Wildman–Crippen MR) is 73.6 cm³/mol. The van der Waals surface area contributed by atoms with Gasteiger partial charge in [-0.25, -0.2) is 13.1 Å². The summed E-state index contributed by atoms with van der Waals surface area (Å²) < 4.78 is 27.1. The lowest BCUT2D eigenvalue weighted by Crippen LogP contribution is -2.49. The van der Waals surface area contributed by atoms with Gasteiger partial charge >= 0.3 is 0 Å². The van der Waals surface area contributed by atoms with E-state index in [4.69, 9.17) is 5.73 Å². The van der Waals surface area contributed by atoms with E-state index in [9.17, 15) is 18.5 Å². The van der Waals surface area contributed by atoms with Gasteiger partial charge in [-0.1, -0.05) is 25.0 Å². The van der Waals surface area contributed by atoms with Crippen LogP contribution in [0.15, 0.2) is 29.2 Å². The van der Waals surface area contributed by atoms with Crippen molar-refractivity contribution in [3.8, 4) is 0 Å². The highest BCUT2D eigenvalue weighted by molar-refractivity contribution is 7.89. The summed E-state index contributed by atoms with van der Waals surface area (Å²) >= 11 is 0. The average Bonchev–Trinajstić information content (AvgIpc) is 2.41. The quantitative estimate of drug-likeness (QED) is 0.639. The van der Waals surface area contributed by atoms with Crippen molar-refractivity contribution in [3.63, 3.8) is 0 Å². The smallest absolute Gasteiger partial charge is 0.289 e. The zero-order valence-electron chi connectivity index (χ0n) is 10.9. The molecule has 110 valence electrons. The highest BCUT2D eigenvalue weighted by Gasteiger charge is 2.31. The number of nitrogens with two attached hydrogens (primary N) is 1. The molecule has 1 aliphatic rings. The lowest BCUT2D eigenvalue weighted by molar-refractivity contribution is -0.387. The molecule has 0 amide bonds. The van der Waals surface area contributed by atoms with E-state index in [0.717, 1.165) is 19.3 Å². The minimum absolute atomic E-state index is 0.249.